The number of hydrogen-bond acceptors (Lipinski definition) is 7. The van der Waals surface area contributed by atoms with Crippen molar-refractivity contribution in [3.05, 3.63) is 54.4 Å². The van der Waals surface area contributed by atoms with E-state index in [4.69, 9.17) is 9.72 Å². The quantitative estimate of drug-likeness (QED) is 0.578. The number of methoxy groups -OCH3 is 1. The molecule has 1 aromatic heterocycles. The van der Waals surface area contributed by atoms with Crippen LogP contribution in [0.3, 0.4) is 0 Å². The predicted molar refractivity (Wildman–Crippen MR) is 130 cm³/mol. The number of nitrogens with one attached hydrogen (secondary N) is 2. The van der Waals surface area contributed by atoms with E-state index in [1.54, 1.807) is 7.11 Å². The molecule has 0 saturated carbocycles. The number of carbonyl (C=O) groups excluding carboxylic acids is 2. The van der Waals surface area contributed by atoms with Crippen LogP contribution in [0.1, 0.15) is 12.2 Å². The van der Waals surface area contributed by atoms with Crippen molar-refractivity contribution in [2.45, 2.75) is 13.0 Å². The third-order valence-corrected chi connectivity index (χ3v) is 6.40. The van der Waals surface area contributed by atoms with Gasteiger partial charge in [0, 0.05) is 44.5 Å². The Balaban J connectivity index is 1.33. The van der Waals surface area contributed by atoms with Gasteiger partial charge in [0.25, 0.3) is 0 Å². The van der Waals surface area contributed by atoms with E-state index < -0.39 is 0 Å². The van der Waals surface area contributed by atoms with E-state index in [0.29, 0.717) is 12.4 Å². The van der Waals surface area contributed by atoms with Gasteiger partial charge >= 0.3 is 0 Å². The van der Waals surface area contributed by atoms with E-state index in [1.807, 2.05) is 42.5 Å². The highest BCUT2D eigenvalue weighted by molar-refractivity contribution is 5.90. The molecule has 0 radical (unpaired) electrons. The number of piperazine rings is 1. The first-order valence-corrected chi connectivity index (χ1v) is 11.6. The number of hydrogen-bond donors (Lipinski definition) is 2. The van der Waals surface area contributed by atoms with E-state index in [9.17, 15) is 9.59 Å². The van der Waals surface area contributed by atoms with E-state index >= 15 is 0 Å². The number of anilines is 2. The second-order valence-electron chi connectivity index (χ2n) is 8.55. The number of fused-ring (bicyclic) bond motifs is 1. The molecule has 2 fully saturated rings. The first-order chi connectivity index (χ1) is 16.6. The highest BCUT2D eigenvalue weighted by Gasteiger charge is 2.28. The molecule has 1 atom stereocenters. The van der Waals surface area contributed by atoms with Gasteiger partial charge in [0.2, 0.25) is 11.8 Å². The summed E-state index contributed by atoms with van der Waals surface area (Å²) in [6, 6.07) is 16.0. The molecule has 2 aliphatic rings. The molecule has 9 heteroatoms. The molecule has 3 heterocycles. The lowest BCUT2D eigenvalue weighted by atomic mass is 10.1. The topological polar surface area (TPSA) is 99.7 Å². The van der Waals surface area contributed by atoms with Gasteiger partial charge in [0.05, 0.1) is 30.8 Å². The summed E-state index contributed by atoms with van der Waals surface area (Å²) in [5.74, 6) is 1.74. The molecule has 0 bridgehead atoms. The Hall–Kier alpha value is -3.88. The summed E-state index contributed by atoms with van der Waals surface area (Å²) in [7, 11) is 1.70. The van der Waals surface area contributed by atoms with Gasteiger partial charge in [-0.3, -0.25) is 9.59 Å². The van der Waals surface area contributed by atoms with Crippen molar-refractivity contribution in [1.82, 2.24) is 20.6 Å². The summed E-state index contributed by atoms with van der Waals surface area (Å²) in [6.45, 7) is 3.90. The zero-order valence-electron chi connectivity index (χ0n) is 19.2. The highest BCUT2D eigenvalue weighted by Crippen LogP contribution is 2.30. The van der Waals surface area contributed by atoms with E-state index in [2.05, 4.69) is 31.5 Å². The van der Waals surface area contributed by atoms with E-state index in [-0.39, 0.29) is 30.7 Å². The number of ether oxygens (including phenoxy) is 1. The number of nitrogens with zero attached hydrogens (tertiary/aromatic N) is 4. The van der Waals surface area contributed by atoms with Crippen molar-refractivity contribution in [2.24, 2.45) is 5.92 Å². The summed E-state index contributed by atoms with van der Waals surface area (Å²) >= 11 is 0. The van der Waals surface area contributed by atoms with Crippen LogP contribution < -0.4 is 25.2 Å². The second-order valence-corrected chi connectivity index (χ2v) is 8.55. The zero-order chi connectivity index (χ0) is 23.5. The molecule has 5 rings (SSSR count). The fraction of sp³-hybridized carbons (Fsp3) is 0.360. The molecule has 0 aliphatic carbocycles. The third-order valence-electron chi connectivity index (χ3n) is 6.40. The summed E-state index contributed by atoms with van der Waals surface area (Å²) in [5.41, 5.74) is 1.95. The molecular formula is C25H28N6O3. The van der Waals surface area contributed by atoms with Gasteiger partial charge in [-0.25, -0.2) is 9.97 Å². The number of para-hydroxylation sites is 3. The molecule has 9 nitrogen and oxygen atoms in total. The maximum Gasteiger partial charge on any atom is 0.225 e. The molecule has 176 valence electrons. The van der Waals surface area contributed by atoms with Crippen molar-refractivity contribution < 1.29 is 14.3 Å². The molecule has 0 spiro atoms. The van der Waals surface area contributed by atoms with Crippen LogP contribution >= 0.6 is 0 Å². The smallest absolute Gasteiger partial charge is 0.225 e. The number of benzene rings is 2. The predicted octanol–water partition coefficient (Wildman–Crippen LogP) is 1.72. The highest BCUT2D eigenvalue weighted by atomic mass is 16.5. The average molecular weight is 461 g/mol. The van der Waals surface area contributed by atoms with Crippen molar-refractivity contribution >= 4 is 34.2 Å². The fourth-order valence-electron chi connectivity index (χ4n) is 4.58. The van der Waals surface area contributed by atoms with Gasteiger partial charge in [-0.2, -0.15) is 0 Å². The van der Waals surface area contributed by atoms with Crippen molar-refractivity contribution in [3.8, 4) is 5.75 Å². The average Bonchev–Trinajstić information content (AvgIpc) is 3.33. The van der Waals surface area contributed by atoms with Gasteiger partial charge in [-0.1, -0.05) is 24.3 Å². The van der Waals surface area contributed by atoms with Gasteiger partial charge in [0.15, 0.2) is 5.82 Å². The molecule has 2 saturated heterocycles. The van der Waals surface area contributed by atoms with E-state index in [1.165, 1.54) is 0 Å². The standard InChI is InChI=1S/C25H28N6O3/c1-34-21-9-5-4-8-20(21)30-10-12-31(13-11-30)24-18-6-2-3-7-19(18)28-22(29-24)16-27-25(33)17-14-23(32)26-15-17/h2-9,17H,10-16H2,1H3,(H,26,32)(H,27,33). The largest absolute Gasteiger partial charge is 0.495 e. The Kier molecular flexibility index (Phi) is 6.16. The molecular weight excluding hydrogens is 432 g/mol. The molecule has 2 aromatic carbocycles. The molecule has 1 unspecified atom stereocenters. The van der Waals surface area contributed by atoms with Gasteiger partial charge < -0.3 is 25.2 Å². The zero-order valence-corrected chi connectivity index (χ0v) is 19.2. The van der Waals surface area contributed by atoms with Gasteiger partial charge in [-0.15, -0.1) is 0 Å². The third kappa shape index (κ3) is 4.46. The summed E-state index contributed by atoms with van der Waals surface area (Å²) in [4.78, 5) is 38.0. The SMILES string of the molecule is COc1ccccc1N1CCN(c2nc(CNC(=O)C3CNC(=O)C3)nc3ccccc23)CC1. The Morgan fingerprint density at radius 3 is 2.56 bits per heavy atom. The summed E-state index contributed by atoms with van der Waals surface area (Å²) in [6.07, 6.45) is 0.228. The van der Waals surface area contributed by atoms with Crippen LogP contribution in [-0.4, -0.2) is 61.6 Å². The maximum absolute atomic E-state index is 12.5. The Bertz CT molecular complexity index is 1210. The lowest BCUT2D eigenvalue weighted by Gasteiger charge is -2.37. The number of amides is 2. The van der Waals surface area contributed by atoms with Crippen LogP contribution in [-0.2, 0) is 16.1 Å². The van der Waals surface area contributed by atoms with Crippen molar-refractivity contribution in [3.63, 3.8) is 0 Å². The molecule has 2 N–H and O–H groups in total. The normalized spacial score (nSPS) is 18.1. The minimum Gasteiger partial charge on any atom is -0.495 e. The fourth-order valence-corrected chi connectivity index (χ4v) is 4.58. The molecule has 3 aromatic rings. The minimum atomic E-state index is -0.338. The number of carbonyl (C=O) groups is 2. The second kappa shape index (κ2) is 9.54. The van der Waals surface area contributed by atoms with Crippen LogP contribution in [0.5, 0.6) is 5.75 Å². The summed E-state index contributed by atoms with van der Waals surface area (Å²) in [5, 5.41) is 6.59. The number of rotatable bonds is 6. The molecule has 34 heavy (non-hydrogen) atoms. The Morgan fingerprint density at radius 1 is 1.06 bits per heavy atom. The maximum atomic E-state index is 12.5. The van der Waals surface area contributed by atoms with Crippen LogP contribution in [0.4, 0.5) is 11.5 Å². The minimum absolute atomic E-state index is 0.0864. The molecule has 2 aliphatic heterocycles. The lowest BCUT2D eigenvalue weighted by Crippen LogP contribution is -2.47. The molecule has 2 amide bonds. The Morgan fingerprint density at radius 2 is 1.79 bits per heavy atom. The summed E-state index contributed by atoms with van der Waals surface area (Å²) < 4.78 is 5.54. The number of aromatic nitrogens is 2. The van der Waals surface area contributed by atoms with Gasteiger partial charge in [0.1, 0.15) is 11.6 Å². The van der Waals surface area contributed by atoms with Crippen LogP contribution in [0, 0.1) is 5.92 Å². The van der Waals surface area contributed by atoms with Crippen molar-refractivity contribution in [1.29, 1.82) is 0 Å². The Labute approximate surface area is 198 Å². The van der Waals surface area contributed by atoms with Gasteiger partial charge in [-0.05, 0) is 24.3 Å². The van der Waals surface area contributed by atoms with Crippen LogP contribution in [0.15, 0.2) is 48.5 Å². The van der Waals surface area contributed by atoms with Crippen LogP contribution in [0.2, 0.25) is 0 Å². The van der Waals surface area contributed by atoms with E-state index in [0.717, 1.165) is 54.3 Å². The first-order valence-electron chi connectivity index (χ1n) is 11.6. The van der Waals surface area contributed by atoms with Crippen LogP contribution in [0.25, 0.3) is 10.9 Å². The lowest BCUT2D eigenvalue weighted by molar-refractivity contribution is -0.126. The monoisotopic (exact) mass is 460 g/mol. The first kappa shape index (κ1) is 21.9. The van der Waals surface area contributed by atoms with Crippen molar-refractivity contribution in [2.75, 3.05) is 49.6 Å².